The van der Waals surface area contributed by atoms with Crippen molar-refractivity contribution in [3.05, 3.63) is 0 Å². The van der Waals surface area contributed by atoms with Crippen LogP contribution in [0.5, 0.6) is 0 Å². The van der Waals surface area contributed by atoms with Crippen molar-refractivity contribution in [2.24, 2.45) is 5.41 Å². The summed E-state index contributed by atoms with van der Waals surface area (Å²) in [6.45, 7) is 6.60. The molecule has 0 amide bonds. The molecular weight excluding hydrogens is 178 g/mol. The van der Waals surface area contributed by atoms with Crippen molar-refractivity contribution >= 4 is 5.97 Å². The highest BCUT2D eigenvalue weighted by Gasteiger charge is 2.37. The number of piperidine rings is 1. The Morgan fingerprint density at radius 3 is 2.50 bits per heavy atom. The molecule has 0 unspecified atom stereocenters. The molecule has 0 radical (unpaired) electrons. The van der Waals surface area contributed by atoms with Gasteiger partial charge in [0.15, 0.2) is 0 Å². The third-order valence-corrected chi connectivity index (χ3v) is 3.02. The van der Waals surface area contributed by atoms with Crippen molar-refractivity contribution < 1.29 is 9.53 Å². The minimum atomic E-state index is -0.234. The Kier molecular flexibility index (Phi) is 3.93. The molecule has 82 valence electrons. The van der Waals surface area contributed by atoms with Crippen LogP contribution in [0, 0.1) is 5.41 Å². The summed E-state index contributed by atoms with van der Waals surface area (Å²) >= 11 is 0. The van der Waals surface area contributed by atoms with Gasteiger partial charge in [-0.1, -0.05) is 6.92 Å². The van der Waals surface area contributed by atoms with Crippen LogP contribution in [-0.4, -0.2) is 37.6 Å². The molecule has 0 aromatic carbocycles. The summed E-state index contributed by atoms with van der Waals surface area (Å²) in [5, 5.41) is 0. The smallest absolute Gasteiger partial charge is 0.311 e. The second-order valence-corrected chi connectivity index (χ2v) is 4.50. The quantitative estimate of drug-likeness (QED) is 0.648. The van der Waals surface area contributed by atoms with Crippen molar-refractivity contribution in [2.75, 3.05) is 26.7 Å². The van der Waals surface area contributed by atoms with Gasteiger partial charge >= 0.3 is 5.97 Å². The van der Waals surface area contributed by atoms with Crippen LogP contribution in [-0.2, 0) is 9.53 Å². The van der Waals surface area contributed by atoms with E-state index in [-0.39, 0.29) is 11.4 Å². The zero-order valence-electron chi connectivity index (χ0n) is 9.51. The average Bonchev–Trinajstić information content (AvgIpc) is 2.19. The maximum absolute atomic E-state index is 11.7. The summed E-state index contributed by atoms with van der Waals surface area (Å²) in [6.07, 6.45) is 2.75. The molecule has 1 aliphatic rings. The van der Waals surface area contributed by atoms with Crippen molar-refractivity contribution in [3.8, 4) is 0 Å². The fourth-order valence-corrected chi connectivity index (χ4v) is 1.69. The van der Waals surface area contributed by atoms with Gasteiger partial charge in [-0.3, -0.25) is 4.79 Å². The molecule has 0 spiro atoms. The van der Waals surface area contributed by atoms with Crippen LogP contribution in [0.15, 0.2) is 0 Å². The van der Waals surface area contributed by atoms with Crippen LogP contribution in [0.1, 0.15) is 33.1 Å². The average molecular weight is 199 g/mol. The van der Waals surface area contributed by atoms with Crippen LogP contribution >= 0.6 is 0 Å². The first kappa shape index (κ1) is 11.5. The van der Waals surface area contributed by atoms with Crippen LogP contribution in [0.2, 0.25) is 0 Å². The molecule has 0 bridgehead atoms. The van der Waals surface area contributed by atoms with Gasteiger partial charge in [-0.25, -0.2) is 0 Å². The Morgan fingerprint density at radius 1 is 1.43 bits per heavy atom. The summed E-state index contributed by atoms with van der Waals surface area (Å²) in [5.74, 6) is -0.00699. The zero-order valence-corrected chi connectivity index (χ0v) is 9.51. The molecule has 0 N–H and O–H groups in total. The monoisotopic (exact) mass is 199 g/mol. The van der Waals surface area contributed by atoms with E-state index in [9.17, 15) is 4.79 Å². The van der Waals surface area contributed by atoms with Gasteiger partial charge in [-0.2, -0.15) is 0 Å². The lowest BCUT2D eigenvalue weighted by Crippen LogP contribution is -2.41. The van der Waals surface area contributed by atoms with Crippen molar-refractivity contribution in [2.45, 2.75) is 33.1 Å². The Balaban J connectivity index is 2.44. The number of carbonyl (C=O) groups is 1. The zero-order chi connectivity index (χ0) is 10.6. The highest BCUT2D eigenvalue weighted by atomic mass is 16.5. The van der Waals surface area contributed by atoms with Crippen LogP contribution in [0.3, 0.4) is 0 Å². The predicted molar refractivity (Wildman–Crippen MR) is 56.1 cm³/mol. The van der Waals surface area contributed by atoms with Gasteiger partial charge in [0.05, 0.1) is 12.0 Å². The number of likely N-dealkylation sites (tertiary alicyclic amines) is 1. The van der Waals surface area contributed by atoms with Gasteiger partial charge in [0.1, 0.15) is 0 Å². The number of hydrogen-bond acceptors (Lipinski definition) is 3. The Hall–Kier alpha value is -0.570. The van der Waals surface area contributed by atoms with E-state index in [1.807, 2.05) is 13.8 Å². The van der Waals surface area contributed by atoms with Gasteiger partial charge in [0.2, 0.25) is 0 Å². The van der Waals surface area contributed by atoms with E-state index in [1.54, 1.807) is 0 Å². The Labute approximate surface area is 86.4 Å². The third kappa shape index (κ3) is 2.71. The Bertz CT molecular complexity index is 195. The lowest BCUT2D eigenvalue weighted by atomic mass is 9.80. The molecule has 3 nitrogen and oxygen atoms in total. The molecule has 1 aliphatic heterocycles. The van der Waals surface area contributed by atoms with E-state index in [4.69, 9.17) is 4.74 Å². The largest absolute Gasteiger partial charge is 0.465 e. The number of carbonyl (C=O) groups excluding carboxylic acids is 1. The minimum absolute atomic E-state index is 0.00699. The topological polar surface area (TPSA) is 29.5 Å². The molecule has 0 aliphatic carbocycles. The second kappa shape index (κ2) is 4.78. The third-order valence-electron chi connectivity index (χ3n) is 3.02. The van der Waals surface area contributed by atoms with Crippen molar-refractivity contribution in [1.29, 1.82) is 0 Å². The summed E-state index contributed by atoms with van der Waals surface area (Å²) in [5.41, 5.74) is -0.234. The van der Waals surface area contributed by atoms with Crippen LogP contribution in [0.25, 0.3) is 0 Å². The van der Waals surface area contributed by atoms with Gasteiger partial charge in [0.25, 0.3) is 0 Å². The lowest BCUT2D eigenvalue weighted by molar-refractivity contribution is -0.157. The normalized spacial score (nSPS) is 21.9. The number of esters is 1. The first-order valence-electron chi connectivity index (χ1n) is 5.44. The first-order chi connectivity index (χ1) is 6.58. The van der Waals surface area contributed by atoms with Gasteiger partial charge in [0, 0.05) is 0 Å². The number of hydrogen-bond donors (Lipinski definition) is 0. The summed E-state index contributed by atoms with van der Waals surface area (Å²) in [7, 11) is 2.09. The molecule has 3 heteroatoms. The molecule has 1 heterocycles. The standard InChI is InChI=1S/C11H21NO2/c1-4-9-14-10(13)11(2)5-7-12(3)8-6-11/h4-9H2,1-3H3. The number of ether oxygens (including phenoxy) is 1. The van der Waals surface area contributed by atoms with Crippen LogP contribution < -0.4 is 0 Å². The molecule has 0 saturated carbocycles. The Morgan fingerprint density at radius 2 is 2.00 bits per heavy atom. The van der Waals surface area contributed by atoms with Crippen molar-refractivity contribution in [3.63, 3.8) is 0 Å². The van der Waals surface area contributed by atoms with Gasteiger partial charge < -0.3 is 9.64 Å². The van der Waals surface area contributed by atoms with E-state index in [0.29, 0.717) is 6.61 Å². The molecule has 0 aromatic rings. The van der Waals surface area contributed by atoms with Gasteiger partial charge in [-0.15, -0.1) is 0 Å². The van der Waals surface area contributed by atoms with E-state index in [0.717, 1.165) is 32.4 Å². The van der Waals surface area contributed by atoms with E-state index < -0.39 is 0 Å². The maximum atomic E-state index is 11.7. The lowest BCUT2D eigenvalue weighted by Gasteiger charge is -2.35. The molecule has 1 rings (SSSR count). The summed E-state index contributed by atoms with van der Waals surface area (Å²) in [4.78, 5) is 14.0. The van der Waals surface area contributed by atoms with Crippen LogP contribution in [0.4, 0.5) is 0 Å². The highest BCUT2D eigenvalue weighted by molar-refractivity contribution is 5.76. The second-order valence-electron chi connectivity index (χ2n) is 4.50. The molecule has 1 saturated heterocycles. The predicted octanol–water partition coefficient (Wildman–Crippen LogP) is 1.67. The molecule has 1 fully saturated rings. The summed E-state index contributed by atoms with van der Waals surface area (Å²) in [6, 6.07) is 0. The molecule has 0 atom stereocenters. The SMILES string of the molecule is CCCOC(=O)C1(C)CCN(C)CC1. The van der Waals surface area contributed by atoms with E-state index >= 15 is 0 Å². The fourth-order valence-electron chi connectivity index (χ4n) is 1.69. The molecule has 0 aromatic heterocycles. The highest BCUT2D eigenvalue weighted by Crippen LogP contribution is 2.31. The van der Waals surface area contributed by atoms with E-state index in [1.165, 1.54) is 0 Å². The summed E-state index contributed by atoms with van der Waals surface area (Å²) < 4.78 is 5.21. The van der Waals surface area contributed by atoms with E-state index in [2.05, 4.69) is 11.9 Å². The maximum Gasteiger partial charge on any atom is 0.311 e. The number of nitrogens with zero attached hydrogens (tertiary/aromatic N) is 1. The van der Waals surface area contributed by atoms with Gasteiger partial charge in [-0.05, 0) is 46.3 Å². The minimum Gasteiger partial charge on any atom is -0.465 e. The molecular formula is C11H21NO2. The fraction of sp³-hybridized carbons (Fsp3) is 0.909. The number of rotatable bonds is 3. The molecule has 14 heavy (non-hydrogen) atoms. The van der Waals surface area contributed by atoms with Crippen molar-refractivity contribution in [1.82, 2.24) is 4.90 Å². The first-order valence-corrected chi connectivity index (χ1v) is 5.44.